The summed E-state index contributed by atoms with van der Waals surface area (Å²) in [7, 11) is 1.63. The van der Waals surface area contributed by atoms with E-state index >= 15 is 0 Å². The molecule has 1 N–H and O–H groups in total. The number of carbonyl (C=O) groups excluding carboxylic acids is 1. The molecule has 4 nitrogen and oxygen atoms in total. The second-order valence-electron chi connectivity index (χ2n) is 4.48. The van der Waals surface area contributed by atoms with Gasteiger partial charge in [0.25, 0.3) is 0 Å². The molecule has 0 fully saturated rings. The maximum atomic E-state index is 11.8. The standard InChI is InChI=1S/C16H18N2O2/c1-20-15-5-2-14(3-6-15)12-18-16(19)7-4-13-8-10-17-11-9-13/h2-3,5-6,8-11H,4,7,12H2,1H3,(H,18,19). The quantitative estimate of drug-likeness (QED) is 0.876. The Bertz CT molecular complexity index is 538. The minimum atomic E-state index is 0.0534. The highest BCUT2D eigenvalue weighted by Gasteiger charge is 2.02. The summed E-state index contributed by atoms with van der Waals surface area (Å²) in [5.41, 5.74) is 2.18. The van der Waals surface area contributed by atoms with E-state index < -0.39 is 0 Å². The molecule has 1 amide bonds. The Hall–Kier alpha value is -2.36. The fourth-order valence-corrected chi connectivity index (χ4v) is 1.84. The fraction of sp³-hybridized carbons (Fsp3) is 0.250. The van der Waals surface area contributed by atoms with E-state index in [4.69, 9.17) is 4.74 Å². The van der Waals surface area contributed by atoms with Gasteiger partial charge in [-0.15, -0.1) is 0 Å². The van der Waals surface area contributed by atoms with Crippen LogP contribution in [0.25, 0.3) is 0 Å². The molecule has 0 bridgehead atoms. The van der Waals surface area contributed by atoms with E-state index in [9.17, 15) is 4.79 Å². The highest BCUT2D eigenvalue weighted by Crippen LogP contribution is 2.11. The first-order valence-electron chi connectivity index (χ1n) is 6.56. The van der Waals surface area contributed by atoms with Gasteiger partial charge in [0.1, 0.15) is 5.75 Å². The third-order valence-corrected chi connectivity index (χ3v) is 3.04. The third kappa shape index (κ3) is 4.39. The predicted molar refractivity (Wildman–Crippen MR) is 77.4 cm³/mol. The second-order valence-corrected chi connectivity index (χ2v) is 4.48. The van der Waals surface area contributed by atoms with Crippen LogP contribution in [-0.2, 0) is 17.8 Å². The van der Waals surface area contributed by atoms with Crippen LogP contribution in [0.15, 0.2) is 48.8 Å². The van der Waals surface area contributed by atoms with E-state index in [1.165, 1.54) is 0 Å². The zero-order valence-electron chi connectivity index (χ0n) is 11.5. The smallest absolute Gasteiger partial charge is 0.220 e. The lowest BCUT2D eigenvalue weighted by Crippen LogP contribution is -2.22. The van der Waals surface area contributed by atoms with Crippen molar-refractivity contribution in [1.29, 1.82) is 0 Å². The van der Waals surface area contributed by atoms with Crippen molar-refractivity contribution in [3.8, 4) is 5.75 Å². The number of carbonyl (C=O) groups is 1. The number of rotatable bonds is 6. The van der Waals surface area contributed by atoms with E-state index in [1.54, 1.807) is 19.5 Å². The molecule has 0 atom stereocenters. The Kier molecular flexibility index (Phi) is 5.12. The molecule has 0 unspecified atom stereocenters. The van der Waals surface area contributed by atoms with Crippen LogP contribution in [-0.4, -0.2) is 18.0 Å². The van der Waals surface area contributed by atoms with Crippen LogP contribution in [0.4, 0.5) is 0 Å². The number of nitrogens with zero attached hydrogens (tertiary/aromatic N) is 1. The Morgan fingerprint density at radius 1 is 1.10 bits per heavy atom. The van der Waals surface area contributed by atoms with Crippen LogP contribution in [0.5, 0.6) is 5.75 Å². The van der Waals surface area contributed by atoms with Crippen LogP contribution < -0.4 is 10.1 Å². The summed E-state index contributed by atoms with van der Waals surface area (Å²) in [6.07, 6.45) is 4.70. The molecule has 0 spiro atoms. The Morgan fingerprint density at radius 3 is 2.45 bits per heavy atom. The van der Waals surface area contributed by atoms with Gasteiger partial charge in [0.2, 0.25) is 5.91 Å². The van der Waals surface area contributed by atoms with Gasteiger partial charge in [-0.1, -0.05) is 12.1 Å². The van der Waals surface area contributed by atoms with E-state index in [2.05, 4.69) is 10.3 Å². The molecule has 0 aliphatic rings. The normalized spacial score (nSPS) is 10.1. The zero-order chi connectivity index (χ0) is 14.2. The van der Waals surface area contributed by atoms with Crippen LogP contribution in [0.2, 0.25) is 0 Å². The molecule has 0 saturated carbocycles. The first kappa shape index (κ1) is 14.1. The van der Waals surface area contributed by atoms with Crippen molar-refractivity contribution in [1.82, 2.24) is 10.3 Å². The van der Waals surface area contributed by atoms with E-state index in [1.807, 2.05) is 36.4 Å². The summed E-state index contributed by atoms with van der Waals surface area (Å²) in [6, 6.07) is 11.5. The van der Waals surface area contributed by atoms with Gasteiger partial charge in [0, 0.05) is 25.4 Å². The maximum Gasteiger partial charge on any atom is 0.220 e. The van der Waals surface area contributed by atoms with Crippen molar-refractivity contribution >= 4 is 5.91 Å². The van der Waals surface area contributed by atoms with Crippen LogP contribution in [0.3, 0.4) is 0 Å². The maximum absolute atomic E-state index is 11.8. The molecular formula is C16H18N2O2. The van der Waals surface area contributed by atoms with E-state index in [0.29, 0.717) is 13.0 Å². The predicted octanol–water partition coefficient (Wildman–Crippen LogP) is 2.34. The topological polar surface area (TPSA) is 51.2 Å². The van der Waals surface area contributed by atoms with Gasteiger partial charge in [-0.05, 0) is 41.8 Å². The third-order valence-electron chi connectivity index (χ3n) is 3.04. The average molecular weight is 270 g/mol. The molecular weight excluding hydrogens is 252 g/mol. The number of hydrogen-bond donors (Lipinski definition) is 1. The van der Waals surface area contributed by atoms with Crippen molar-refractivity contribution in [3.63, 3.8) is 0 Å². The van der Waals surface area contributed by atoms with Crippen LogP contribution >= 0.6 is 0 Å². The van der Waals surface area contributed by atoms with Crippen molar-refractivity contribution < 1.29 is 9.53 Å². The molecule has 4 heteroatoms. The second kappa shape index (κ2) is 7.28. The van der Waals surface area contributed by atoms with Crippen molar-refractivity contribution in [2.24, 2.45) is 0 Å². The number of benzene rings is 1. The average Bonchev–Trinajstić information content (AvgIpc) is 2.52. The van der Waals surface area contributed by atoms with Crippen molar-refractivity contribution in [3.05, 3.63) is 59.9 Å². The summed E-state index contributed by atoms with van der Waals surface area (Å²) in [5.74, 6) is 0.871. The number of ether oxygens (including phenoxy) is 1. The number of aryl methyl sites for hydroxylation is 1. The molecule has 0 radical (unpaired) electrons. The van der Waals surface area contributed by atoms with Crippen molar-refractivity contribution in [2.45, 2.75) is 19.4 Å². The zero-order valence-corrected chi connectivity index (χ0v) is 11.5. The molecule has 104 valence electrons. The minimum absolute atomic E-state index is 0.0534. The van der Waals surface area contributed by atoms with Gasteiger partial charge < -0.3 is 10.1 Å². The van der Waals surface area contributed by atoms with Crippen LogP contribution in [0, 0.1) is 0 Å². The van der Waals surface area contributed by atoms with Gasteiger partial charge >= 0.3 is 0 Å². The number of nitrogens with one attached hydrogen (secondary N) is 1. The number of methoxy groups -OCH3 is 1. The minimum Gasteiger partial charge on any atom is -0.497 e. The largest absolute Gasteiger partial charge is 0.497 e. The first-order valence-corrected chi connectivity index (χ1v) is 6.56. The Morgan fingerprint density at radius 2 is 1.80 bits per heavy atom. The monoisotopic (exact) mass is 270 g/mol. The Balaban J connectivity index is 1.74. The highest BCUT2D eigenvalue weighted by molar-refractivity contribution is 5.76. The SMILES string of the molecule is COc1ccc(CNC(=O)CCc2ccncc2)cc1. The first-order chi connectivity index (χ1) is 9.78. The summed E-state index contributed by atoms with van der Waals surface area (Å²) < 4.78 is 5.09. The molecule has 20 heavy (non-hydrogen) atoms. The lowest BCUT2D eigenvalue weighted by molar-refractivity contribution is -0.121. The Labute approximate surface area is 118 Å². The van der Waals surface area contributed by atoms with Gasteiger partial charge in [-0.3, -0.25) is 9.78 Å². The molecule has 2 rings (SSSR count). The number of amides is 1. The lowest BCUT2D eigenvalue weighted by Gasteiger charge is -2.06. The molecule has 1 aromatic carbocycles. The number of pyridine rings is 1. The van der Waals surface area contributed by atoms with Gasteiger partial charge in [-0.25, -0.2) is 0 Å². The molecule has 1 aromatic heterocycles. The van der Waals surface area contributed by atoms with Gasteiger partial charge in [0.05, 0.1) is 7.11 Å². The summed E-state index contributed by atoms with van der Waals surface area (Å²) in [6.45, 7) is 0.541. The van der Waals surface area contributed by atoms with Gasteiger partial charge in [0.15, 0.2) is 0 Å². The summed E-state index contributed by atoms with van der Waals surface area (Å²) in [4.78, 5) is 15.7. The summed E-state index contributed by atoms with van der Waals surface area (Å²) in [5, 5.41) is 2.91. The number of aromatic nitrogens is 1. The fourth-order valence-electron chi connectivity index (χ4n) is 1.84. The molecule has 1 heterocycles. The molecule has 0 aliphatic heterocycles. The van der Waals surface area contributed by atoms with Gasteiger partial charge in [-0.2, -0.15) is 0 Å². The van der Waals surface area contributed by atoms with Crippen LogP contribution in [0.1, 0.15) is 17.5 Å². The number of hydrogen-bond acceptors (Lipinski definition) is 3. The van der Waals surface area contributed by atoms with E-state index in [-0.39, 0.29) is 5.91 Å². The molecule has 0 saturated heterocycles. The summed E-state index contributed by atoms with van der Waals surface area (Å²) >= 11 is 0. The lowest BCUT2D eigenvalue weighted by atomic mass is 10.1. The highest BCUT2D eigenvalue weighted by atomic mass is 16.5. The molecule has 0 aliphatic carbocycles. The molecule has 2 aromatic rings. The van der Waals surface area contributed by atoms with E-state index in [0.717, 1.165) is 23.3 Å². The van der Waals surface area contributed by atoms with Crippen molar-refractivity contribution in [2.75, 3.05) is 7.11 Å².